The maximum Gasteiger partial charge on any atom is 0.323 e. The van der Waals surface area contributed by atoms with E-state index >= 15 is 0 Å². The Hall–Kier alpha value is -1.35. The molecule has 3 nitrogen and oxygen atoms in total. The Kier molecular flexibility index (Phi) is 3.33. The molecule has 1 aromatic rings. The summed E-state index contributed by atoms with van der Waals surface area (Å²) in [6.07, 6.45) is 5.38. The van der Waals surface area contributed by atoms with Crippen molar-refractivity contribution in [3.05, 3.63) is 35.4 Å². The first-order valence-corrected chi connectivity index (χ1v) is 6.83. The molecule has 3 heteroatoms. The molecular formula is C15H19NO2. The van der Waals surface area contributed by atoms with Gasteiger partial charge in [0.05, 0.1) is 0 Å². The zero-order chi connectivity index (χ0) is 12.4. The van der Waals surface area contributed by atoms with Crippen LogP contribution in [0.4, 0.5) is 0 Å². The van der Waals surface area contributed by atoms with E-state index in [2.05, 4.69) is 17.4 Å². The lowest BCUT2D eigenvalue weighted by atomic mass is 9.96. The zero-order valence-electron chi connectivity index (χ0n) is 10.5. The number of nitrogens with one attached hydrogen (secondary N) is 1. The van der Waals surface area contributed by atoms with Gasteiger partial charge in [-0.3, -0.25) is 4.79 Å². The van der Waals surface area contributed by atoms with Gasteiger partial charge in [-0.2, -0.15) is 0 Å². The molecule has 2 aliphatic rings. The van der Waals surface area contributed by atoms with Crippen LogP contribution in [0.15, 0.2) is 24.3 Å². The van der Waals surface area contributed by atoms with Crippen molar-refractivity contribution < 1.29 is 9.53 Å². The van der Waals surface area contributed by atoms with E-state index in [1.165, 1.54) is 24.0 Å². The van der Waals surface area contributed by atoms with Crippen LogP contribution in [0.5, 0.6) is 0 Å². The average Bonchev–Trinajstić information content (AvgIpc) is 2.91. The molecule has 0 aromatic heterocycles. The van der Waals surface area contributed by atoms with E-state index in [-0.39, 0.29) is 18.1 Å². The van der Waals surface area contributed by atoms with E-state index in [0.717, 1.165) is 25.8 Å². The first-order chi connectivity index (χ1) is 8.83. The number of esters is 1. The molecule has 0 spiro atoms. The van der Waals surface area contributed by atoms with Crippen LogP contribution >= 0.6 is 0 Å². The van der Waals surface area contributed by atoms with Crippen molar-refractivity contribution in [2.24, 2.45) is 0 Å². The van der Waals surface area contributed by atoms with Crippen LogP contribution in [0.3, 0.4) is 0 Å². The predicted octanol–water partition coefficient (Wildman–Crippen LogP) is 2.19. The molecule has 0 amide bonds. The van der Waals surface area contributed by atoms with Crippen molar-refractivity contribution in [3.8, 4) is 0 Å². The monoisotopic (exact) mass is 245 g/mol. The van der Waals surface area contributed by atoms with Crippen LogP contribution in [-0.2, 0) is 22.5 Å². The summed E-state index contributed by atoms with van der Waals surface area (Å²) in [6.45, 7) is 0.764. The molecule has 3 rings (SSSR count). The smallest absolute Gasteiger partial charge is 0.323 e. The van der Waals surface area contributed by atoms with Crippen LogP contribution in [0, 0.1) is 0 Å². The molecule has 18 heavy (non-hydrogen) atoms. The van der Waals surface area contributed by atoms with Gasteiger partial charge in [-0.05, 0) is 43.2 Å². The molecule has 1 aliphatic heterocycles. The molecule has 1 heterocycles. The van der Waals surface area contributed by atoms with Crippen molar-refractivity contribution in [2.45, 2.75) is 50.8 Å². The summed E-state index contributed by atoms with van der Waals surface area (Å²) >= 11 is 0. The molecule has 0 saturated heterocycles. The van der Waals surface area contributed by atoms with E-state index in [1.807, 2.05) is 12.1 Å². The van der Waals surface area contributed by atoms with Crippen molar-refractivity contribution in [1.82, 2.24) is 5.32 Å². The Morgan fingerprint density at radius 2 is 1.89 bits per heavy atom. The lowest BCUT2D eigenvalue weighted by Crippen LogP contribution is -2.43. The zero-order valence-corrected chi connectivity index (χ0v) is 10.5. The average molecular weight is 245 g/mol. The topological polar surface area (TPSA) is 38.3 Å². The van der Waals surface area contributed by atoms with Gasteiger partial charge in [-0.25, -0.2) is 0 Å². The number of hydrogen-bond donors (Lipinski definition) is 1. The Balaban J connectivity index is 1.62. The van der Waals surface area contributed by atoms with Crippen LogP contribution in [-0.4, -0.2) is 18.1 Å². The van der Waals surface area contributed by atoms with Gasteiger partial charge in [0.15, 0.2) is 0 Å². The molecule has 1 N–H and O–H groups in total. The third-order valence-corrected chi connectivity index (χ3v) is 3.95. The van der Waals surface area contributed by atoms with Crippen molar-refractivity contribution in [2.75, 3.05) is 0 Å². The van der Waals surface area contributed by atoms with E-state index in [1.54, 1.807) is 0 Å². The highest BCUT2D eigenvalue weighted by molar-refractivity contribution is 5.77. The van der Waals surface area contributed by atoms with Gasteiger partial charge >= 0.3 is 5.97 Å². The Bertz CT molecular complexity index is 438. The fourth-order valence-corrected chi connectivity index (χ4v) is 2.87. The predicted molar refractivity (Wildman–Crippen MR) is 69.1 cm³/mol. The maximum absolute atomic E-state index is 12.1. The second-order valence-corrected chi connectivity index (χ2v) is 5.25. The van der Waals surface area contributed by atoms with Crippen LogP contribution in [0.1, 0.15) is 36.8 Å². The normalized spacial score (nSPS) is 23.7. The number of fused-ring (bicyclic) bond motifs is 1. The van der Waals surface area contributed by atoms with Gasteiger partial charge in [0.2, 0.25) is 0 Å². The summed E-state index contributed by atoms with van der Waals surface area (Å²) in [5.41, 5.74) is 2.56. The van der Waals surface area contributed by atoms with Gasteiger partial charge in [0, 0.05) is 6.54 Å². The third-order valence-electron chi connectivity index (χ3n) is 3.95. The second-order valence-electron chi connectivity index (χ2n) is 5.25. The minimum Gasteiger partial charge on any atom is -0.461 e. The summed E-state index contributed by atoms with van der Waals surface area (Å²) in [5.74, 6) is -0.0728. The highest BCUT2D eigenvalue weighted by Crippen LogP contribution is 2.23. The lowest BCUT2D eigenvalue weighted by Gasteiger charge is -2.25. The summed E-state index contributed by atoms with van der Waals surface area (Å²) in [7, 11) is 0. The van der Waals surface area contributed by atoms with E-state index < -0.39 is 0 Å². The van der Waals surface area contributed by atoms with Gasteiger partial charge in [-0.1, -0.05) is 24.3 Å². The van der Waals surface area contributed by atoms with E-state index in [4.69, 9.17) is 4.74 Å². The highest BCUT2D eigenvalue weighted by Gasteiger charge is 2.28. The molecule has 0 radical (unpaired) electrons. The SMILES string of the molecule is O=C(OC1CCCC1)[C@@H]1Cc2ccccc2CN1. The van der Waals surface area contributed by atoms with Gasteiger partial charge in [0.1, 0.15) is 12.1 Å². The molecule has 1 saturated carbocycles. The standard InChI is InChI=1S/C15H19NO2/c17-15(18-13-7-3-4-8-13)14-9-11-5-1-2-6-12(11)10-16-14/h1-2,5-6,13-14,16H,3-4,7-10H2/t14-/m0/s1. The van der Waals surface area contributed by atoms with Gasteiger partial charge in [-0.15, -0.1) is 0 Å². The van der Waals surface area contributed by atoms with Crippen molar-refractivity contribution in [1.29, 1.82) is 0 Å². The molecule has 1 aliphatic carbocycles. The van der Waals surface area contributed by atoms with Crippen LogP contribution < -0.4 is 5.32 Å². The van der Waals surface area contributed by atoms with Crippen molar-refractivity contribution >= 4 is 5.97 Å². The van der Waals surface area contributed by atoms with Crippen molar-refractivity contribution in [3.63, 3.8) is 0 Å². The largest absolute Gasteiger partial charge is 0.461 e. The van der Waals surface area contributed by atoms with Crippen LogP contribution in [0.25, 0.3) is 0 Å². The Morgan fingerprint density at radius 3 is 2.67 bits per heavy atom. The Labute approximate surface area is 108 Å². The number of benzene rings is 1. The molecule has 0 bridgehead atoms. The number of hydrogen-bond acceptors (Lipinski definition) is 3. The summed E-state index contributed by atoms with van der Waals surface area (Å²) < 4.78 is 5.56. The molecule has 1 fully saturated rings. The third kappa shape index (κ3) is 2.41. The Morgan fingerprint density at radius 1 is 1.17 bits per heavy atom. The van der Waals surface area contributed by atoms with E-state index in [9.17, 15) is 4.79 Å². The van der Waals surface area contributed by atoms with Gasteiger partial charge in [0.25, 0.3) is 0 Å². The second kappa shape index (κ2) is 5.11. The summed E-state index contributed by atoms with van der Waals surface area (Å²) in [4.78, 5) is 12.1. The number of carbonyl (C=O) groups is 1. The molecule has 1 atom stereocenters. The molecular weight excluding hydrogens is 226 g/mol. The minimum atomic E-state index is -0.166. The fraction of sp³-hybridized carbons (Fsp3) is 0.533. The summed E-state index contributed by atoms with van der Waals surface area (Å²) in [6, 6.07) is 8.12. The van der Waals surface area contributed by atoms with E-state index in [0.29, 0.717) is 0 Å². The highest BCUT2D eigenvalue weighted by atomic mass is 16.5. The fourth-order valence-electron chi connectivity index (χ4n) is 2.87. The lowest BCUT2D eigenvalue weighted by molar-refractivity contribution is -0.151. The molecule has 1 aromatic carbocycles. The maximum atomic E-state index is 12.1. The number of ether oxygens (including phenoxy) is 1. The first kappa shape index (κ1) is 11.7. The summed E-state index contributed by atoms with van der Waals surface area (Å²) in [5, 5.41) is 3.27. The quantitative estimate of drug-likeness (QED) is 0.812. The first-order valence-electron chi connectivity index (χ1n) is 6.83. The number of rotatable bonds is 2. The number of carbonyl (C=O) groups excluding carboxylic acids is 1. The minimum absolute atomic E-state index is 0.0728. The van der Waals surface area contributed by atoms with Crippen LogP contribution in [0.2, 0.25) is 0 Å². The van der Waals surface area contributed by atoms with Gasteiger partial charge < -0.3 is 10.1 Å². The molecule has 96 valence electrons. The molecule has 0 unspecified atom stereocenters.